The van der Waals surface area contributed by atoms with Crippen LogP contribution in [-0.2, 0) is 0 Å². The molecule has 1 atom stereocenters. The molecular weight excluding hydrogens is 222 g/mol. The Morgan fingerprint density at radius 1 is 1.14 bits per heavy atom. The molecule has 14 heavy (non-hydrogen) atoms. The zero-order valence-corrected chi connectivity index (χ0v) is 7.70. The van der Waals surface area contributed by atoms with Crippen molar-refractivity contribution in [1.29, 1.82) is 0 Å². The van der Waals surface area contributed by atoms with Crippen molar-refractivity contribution in [1.82, 2.24) is 0 Å². The first-order valence-corrected chi connectivity index (χ1v) is 3.51. The maximum Gasteiger partial charge on any atom is 0.257 e. The standard InChI is InChI=1S/C8H7F4N.ClH/c9-4-1-2-6(10)5(3-4)7(13)8(11)12;/h1-3,7-8H,13H2;1H/t7-;/m0./s1. The third-order valence-electron chi connectivity index (χ3n) is 1.59. The van der Waals surface area contributed by atoms with E-state index < -0.39 is 29.7 Å². The van der Waals surface area contributed by atoms with Crippen LogP contribution in [0, 0.1) is 11.6 Å². The number of rotatable bonds is 2. The van der Waals surface area contributed by atoms with Crippen molar-refractivity contribution in [3.8, 4) is 0 Å². The van der Waals surface area contributed by atoms with Crippen LogP contribution in [0.25, 0.3) is 0 Å². The Hall–Kier alpha value is -0.810. The van der Waals surface area contributed by atoms with E-state index in [9.17, 15) is 17.6 Å². The molecule has 0 aliphatic carbocycles. The van der Waals surface area contributed by atoms with Crippen molar-refractivity contribution >= 4 is 12.4 Å². The fourth-order valence-corrected chi connectivity index (χ4v) is 0.906. The molecule has 0 amide bonds. The van der Waals surface area contributed by atoms with Gasteiger partial charge in [0.15, 0.2) is 0 Å². The van der Waals surface area contributed by atoms with Crippen LogP contribution in [0.4, 0.5) is 17.6 Å². The Morgan fingerprint density at radius 2 is 1.71 bits per heavy atom. The molecule has 2 N–H and O–H groups in total. The van der Waals surface area contributed by atoms with Crippen molar-refractivity contribution in [3.05, 3.63) is 35.4 Å². The van der Waals surface area contributed by atoms with Crippen molar-refractivity contribution < 1.29 is 17.6 Å². The van der Waals surface area contributed by atoms with Crippen LogP contribution in [0.5, 0.6) is 0 Å². The molecule has 1 aromatic rings. The molecular formula is C8H8ClF4N. The normalized spacial score (nSPS) is 12.4. The second kappa shape index (κ2) is 5.17. The van der Waals surface area contributed by atoms with Crippen LogP contribution < -0.4 is 5.73 Å². The van der Waals surface area contributed by atoms with E-state index in [0.29, 0.717) is 6.07 Å². The van der Waals surface area contributed by atoms with Crippen LogP contribution in [0.2, 0.25) is 0 Å². The van der Waals surface area contributed by atoms with E-state index in [1.165, 1.54) is 0 Å². The second-order valence-corrected chi connectivity index (χ2v) is 2.53. The summed E-state index contributed by atoms with van der Waals surface area (Å²) in [6.07, 6.45) is -2.91. The summed E-state index contributed by atoms with van der Waals surface area (Å²) in [7, 11) is 0. The van der Waals surface area contributed by atoms with Gasteiger partial charge in [-0.3, -0.25) is 0 Å². The SMILES string of the molecule is Cl.N[C@@H](c1cc(F)ccc1F)C(F)F. The second-order valence-electron chi connectivity index (χ2n) is 2.53. The summed E-state index contributed by atoms with van der Waals surface area (Å²) < 4.78 is 49.3. The Labute approximate surface area is 84.3 Å². The third-order valence-corrected chi connectivity index (χ3v) is 1.59. The smallest absolute Gasteiger partial charge is 0.257 e. The first-order chi connectivity index (χ1) is 6.02. The summed E-state index contributed by atoms with van der Waals surface area (Å²) in [5.41, 5.74) is 4.45. The Kier molecular flexibility index (Phi) is 4.87. The highest BCUT2D eigenvalue weighted by Crippen LogP contribution is 2.21. The van der Waals surface area contributed by atoms with Gasteiger partial charge in [0.1, 0.15) is 11.6 Å². The van der Waals surface area contributed by atoms with Gasteiger partial charge in [0.05, 0.1) is 6.04 Å². The van der Waals surface area contributed by atoms with E-state index in [4.69, 9.17) is 5.73 Å². The minimum Gasteiger partial charge on any atom is -0.319 e. The predicted octanol–water partition coefficient (Wildman–Crippen LogP) is 2.65. The summed E-state index contributed by atoms with van der Waals surface area (Å²) in [6.45, 7) is 0. The summed E-state index contributed by atoms with van der Waals surface area (Å²) in [5, 5.41) is 0. The Bertz CT molecular complexity index is 305. The average molecular weight is 230 g/mol. The molecule has 0 fully saturated rings. The van der Waals surface area contributed by atoms with Gasteiger partial charge >= 0.3 is 0 Å². The lowest BCUT2D eigenvalue weighted by molar-refractivity contribution is 0.114. The number of halogens is 5. The summed E-state index contributed by atoms with van der Waals surface area (Å²) in [4.78, 5) is 0. The highest BCUT2D eigenvalue weighted by atomic mass is 35.5. The minimum atomic E-state index is -2.91. The van der Waals surface area contributed by atoms with E-state index in [0.717, 1.165) is 12.1 Å². The lowest BCUT2D eigenvalue weighted by Crippen LogP contribution is -2.20. The van der Waals surface area contributed by atoms with Gasteiger partial charge in [-0.15, -0.1) is 12.4 Å². The largest absolute Gasteiger partial charge is 0.319 e. The third kappa shape index (κ3) is 2.85. The molecule has 80 valence electrons. The monoisotopic (exact) mass is 229 g/mol. The molecule has 0 radical (unpaired) electrons. The van der Waals surface area contributed by atoms with Gasteiger partial charge in [-0.1, -0.05) is 0 Å². The van der Waals surface area contributed by atoms with E-state index in [1.54, 1.807) is 0 Å². The minimum absolute atomic E-state index is 0. The van der Waals surface area contributed by atoms with Gasteiger partial charge in [-0.05, 0) is 18.2 Å². The maximum absolute atomic E-state index is 12.8. The van der Waals surface area contributed by atoms with E-state index in [-0.39, 0.29) is 12.4 Å². The molecule has 0 aromatic heterocycles. The molecule has 0 aliphatic heterocycles. The zero-order chi connectivity index (χ0) is 10.0. The number of nitrogens with two attached hydrogens (primary N) is 1. The topological polar surface area (TPSA) is 26.0 Å². The van der Waals surface area contributed by atoms with Crippen LogP contribution in [-0.4, -0.2) is 6.43 Å². The van der Waals surface area contributed by atoms with Gasteiger partial charge in [0.2, 0.25) is 0 Å². The van der Waals surface area contributed by atoms with Gasteiger partial charge in [0.25, 0.3) is 6.43 Å². The molecule has 0 saturated carbocycles. The van der Waals surface area contributed by atoms with Gasteiger partial charge in [0, 0.05) is 5.56 Å². The van der Waals surface area contributed by atoms with Crippen molar-refractivity contribution in [3.63, 3.8) is 0 Å². The average Bonchev–Trinajstić information content (AvgIpc) is 2.08. The molecule has 0 bridgehead atoms. The summed E-state index contributed by atoms with van der Waals surface area (Å²) in [5.74, 6) is -1.71. The van der Waals surface area contributed by atoms with E-state index in [1.807, 2.05) is 0 Å². The Morgan fingerprint density at radius 3 is 2.21 bits per heavy atom. The lowest BCUT2D eigenvalue weighted by atomic mass is 10.1. The number of hydrogen-bond donors (Lipinski definition) is 1. The van der Waals surface area contributed by atoms with E-state index in [2.05, 4.69) is 0 Å². The van der Waals surface area contributed by atoms with Gasteiger partial charge < -0.3 is 5.73 Å². The highest BCUT2D eigenvalue weighted by Gasteiger charge is 2.21. The van der Waals surface area contributed by atoms with Crippen LogP contribution in [0.1, 0.15) is 11.6 Å². The van der Waals surface area contributed by atoms with Gasteiger partial charge in [-0.2, -0.15) is 0 Å². The van der Waals surface area contributed by atoms with Crippen molar-refractivity contribution in [2.45, 2.75) is 12.5 Å². The summed E-state index contributed by atoms with van der Waals surface area (Å²) in [6, 6.07) is 0.506. The van der Waals surface area contributed by atoms with Crippen LogP contribution in [0.3, 0.4) is 0 Å². The fourth-order valence-electron chi connectivity index (χ4n) is 0.906. The zero-order valence-electron chi connectivity index (χ0n) is 6.88. The molecule has 1 aromatic carbocycles. The van der Waals surface area contributed by atoms with Crippen LogP contribution >= 0.6 is 12.4 Å². The summed E-state index contributed by atoms with van der Waals surface area (Å²) >= 11 is 0. The maximum atomic E-state index is 12.8. The van der Waals surface area contributed by atoms with Crippen molar-refractivity contribution in [2.75, 3.05) is 0 Å². The lowest BCUT2D eigenvalue weighted by Gasteiger charge is -2.11. The molecule has 1 rings (SSSR count). The van der Waals surface area contributed by atoms with Crippen molar-refractivity contribution in [2.24, 2.45) is 5.73 Å². The molecule has 0 saturated heterocycles. The Balaban J connectivity index is 0.00000169. The number of alkyl halides is 2. The molecule has 1 nitrogen and oxygen atoms in total. The van der Waals surface area contributed by atoms with Crippen LogP contribution in [0.15, 0.2) is 18.2 Å². The molecule has 0 aliphatic rings. The van der Waals surface area contributed by atoms with E-state index >= 15 is 0 Å². The molecule has 6 heteroatoms. The highest BCUT2D eigenvalue weighted by molar-refractivity contribution is 5.85. The number of benzene rings is 1. The first-order valence-electron chi connectivity index (χ1n) is 3.51. The first kappa shape index (κ1) is 13.2. The molecule has 0 spiro atoms. The molecule has 0 unspecified atom stereocenters. The molecule has 0 heterocycles. The fraction of sp³-hybridized carbons (Fsp3) is 0.250. The quantitative estimate of drug-likeness (QED) is 0.776. The number of hydrogen-bond acceptors (Lipinski definition) is 1. The predicted molar refractivity (Wildman–Crippen MR) is 46.5 cm³/mol. The van der Waals surface area contributed by atoms with Gasteiger partial charge in [-0.25, -0.2) is 17.6 Å².